The Labute approximate surface area is 386 Å². The van der Waals surface area contributed by atoms with Crippen LogP contribution in [0, 0.1) is 23.7 Å². The molecular formula is C44H50N6O14S2. The molecule has 0 aliphatic carbocycles. The Morgan fingerprint density at radius 1 is 0.818 bits per heavy atom. The average Bonchev–Trinajstić information content (AvgIpc) is 4.03. The molecule has 0 spiro atoms. The average molecular weight is 951 g/mol. The molecule has 22 heteroatoms. The summed E-state index contributed by atoms with van der Waals surface area (Å²) in [5, 5.41) is 68.1. The van der Waals surface area contributed by atoms with Crippen LogP contribution in [0.2, 0.25) is 0 Å². The van der Waals surface area contributed by atoms with Gasteiger partial charge in [-0.1, -0.05) is 26.0 Å². The van der Waals surface area contributed by atoms with E-state index in [2.05, 4.69) is 20.9 Å². The van der Waals surface area contributed by atoms with E-state index in [0.29, 0.717) is 11.4 Å². The summed E-state index contributed by atoms with van der Waals surface area (Å²) < 4.78 is 0. The van der Waals surface area contributed by atoms with Crippen molar-refractivity contribution < 1.29 is 69.0 Å². The molecule has 0 radical (unpaired) electrons. The van der Waals surface area contributed by atoms with E-state index in [1.807, 2.05) is 0 Å². The summed E-state index contributed by atoms with van der Waals surface area (Å²) in [5.74, 6) is -10.9. The number of rotatable bonds is 16. The molecule has 0 aromatic heterocycles. The lowest BCUT2D eigenvalue weighted by atomic mass is 9.79. The van der Waals surface area contributed by atoms with Gasteiger partial charge in [0.15, 0.2) is 0 Å². The molecule has 2 unspecified atom stereocenters. The van der Waals surface area contributed by atoms with Gasteiger partial charge in [-0.05, 0) is 69.0 Å². The van der Waals surface area contributed by atoms with Gasteiger partial charge in [-0.2, -0.15) is 0 Å². The van der Waals surface area contributed by atoms with Crippen LogP contribution in [0.3, 0.4) is 0 Å². The van der Waals surface area contributed by atoms with Gasteiger partial charge in [-0.25, -0.2) is 19.2 Å². The number of aliphatic imine (C=N–C) groups is 1. The lowest BCUT2D eigenvalue weighted by Crippen LogP contribution is -2.63. The highest BCUT2D eigenvalue weighted by molar-refractivity contribution is 8.03. The number of aliphatic hydroxyl groups excluding tert-OH is 2. The van der Waals surface area contributed by atoms with E-state index in [-0.39, 0.29) is 58.5 Å². The number of anilines is 2. The van der Waals surface area contributed by atoms with E-state index < -0.39 is 118 Å². The number of nitrogens with zero attached hydrogens (tertiary/aromatic N) is 3. The first-order valence-corrected chi connectivity index (χ1v) is 23.1. The van der Waals surface area contributed by atoms with Crippen molar-refractivity contribution >= 4 is 88.1 Å². The van der Waals surface area contributed by atoms with Gasteiger partial charge >= 0.3 is 23.9 Å². The Kier molecular flexibility index (Phi) is 14.0. The minimum absolute atomic E-state index is 0.00740. The van der Waals surface area contributed by atoms with Crippen LogP contribution < -0.4 is 16.0 Å². The first-order chi connectivity index (χ1) is 31.2. The van der Waals surface area contributed by atoms with E-state index in [9.17, 15) is 69.0 Å². The van der Waals surface area contributed by atoms with Crippen LogP contribution in [-0.2, 0) is 28.8 Å². The molecule has 66 heavy (non-hydrogen) atoms. The number of hydrogen-bond donors (Lipinski definition) is 9. The number of carbonyl (C=O) groups excluding carboxylic acids is 4. The quantitative estimate of drug-likeness (QED) is 0.109. The van der Waals surface area contributed by atoms with Gasteiger partial charge < -0.3 is 56.4 Å². The molecule has 9 N–H and O–H groups in total. The van der Waals surface area contributed by atoms with Crippen LogP contribution in [0.15, 0.2) is 64.1 Å². The number of carboxylic acid groups (broad SMARTS) is 4. The number of likely N-dealkylation sites (tertiary alicyclic amines) is 1. The summed E-state index contributed by atoms with van der Waals surface area (Å²) >= 11 is 2.36. The second-order valence-electron chi connectivity index (χ2n) is 17.3. The summed E-state index contributed by atoms with van der Waals surface area (Å²) in [6, 6.07) is 7.59. The highest BCUT2D eigenvalue weighted by Crippen LogP contribution is 2.52. The van der Waals surface area contributed by atoms with Crippen molar-refractivity contribution in [2.24, 2.45) is 28.7 Å². The molecular weight excluding hydrogens is 901 g/mol. The van der Waals surface area contributed by atoms with Crippen LogP contribution in [0.4, 0.5) is 11.4 Å². The third-order valence-corrected chi connectivity index (χ3v) is 16.1. The number of aromatic carboxylic acids is 2. The molecule has 2 aromatic carbocycles. The van der Waals surface area contributed by atoms with E-state index in [1.165, 1.54) is 77.9 Å². The molecule has 4 amide bonds. The number of benzene rings is 2. The van der Waals surface area contributed by atoms with Gasteiger partial charge in [0, 0.05) is 45.8 Å². The van der Waals surface area contributed by atoms with Gasteiger partial charge in [-0.3, -0.25) is 24.2 Å². The van der Waals surface area contributed by atoms with Crippen molar-refractivity contribution in [1.82, 2.24) is 15.1 Å². The van der Waals surface area contributed by atoms with Crippen LogP contribution in [0.1, 0.15) is 61.3 Å². The molecule has 5 aliphatic rings. The zero-order chi connectivity index (χ0) is 48.0. The van der Waals surface area contributed by atoms with Gasteiger partial charge in [0.1, 0.15) is 17.5 Å². The summed E-state index contributed by atoms with van der Waals surface area (Å²) in [7, 11) is 0. The predicted molar refractivity (Wildman–Crippen MR) is 240 cm³/mol. The van der Waals surface area contributed by atoms with Crippen molar-refractivity contribution in [2.75, 3.05) is 23.7 Å². The zero-order valence-electron chi connectivity index (χ0n) is 36.1. The SMILES string of the molecule is C[C@@H](O)C1C(=O)N2C(C(=O)O)=C(S[C@H]3C[C@@H](C(=O)Nc4cccc(C(=O)O)c4)N(C(=O)[C@@H]([C@@H]4N=C(C(=O)O)C(S[C@@H]5CN[C@H](C(=O)Nc6cccc(C(=O)O)c6)C5)[C@@H]4C)[C@@H](C)O)C3)[C@H](C)[C@H]12. The second-order valence-corrected chi connectivity index (χ2v) is 20.1. The number of β-lactam (4-membered cyclic amide) rings is 1. The highest BCUT2D eigenvalue weighted by atomic mass is 32.2. The largest absolute Gasteiger partial charge is 0.478 e. The van der Waals surface area contributed by atoms with E-state index in [4.69, 9.17) is 0 Å². The normalized spacial score (nSPS) is 29.4. The monoisotopic (exact) mass is 950 g/mol. The molecule has 13 atom stereocenters. The maximum atomic E-state index is 15.0. The standard InChI is InChI=1S/C44H50N6O14S2/c1-17-31(48-32(43(61)62)35(17)65-25-13-27(45-15-25)37(53)46-23-9-5-7-21(11-23)41(57)58)29(19(3)51)39(55)49-16-26(14-28(49)38(54)47-24-10-6-8-22(12-24)42(59)60)66-36-18(2)33-30(20(4)52)40(56)50(33)34(36)44(63)64/h5-12,17-20,25-31,33,35,45,51-52H,13-16H2,1-4H3,(H,46,53)(H,47,54)(H,57,58)(H,59,60)(H,61,62)(H,63,64)/t17-,18-,19-,20-,25+,26+,27+,28+,29-,30?,31-,33-,35?/m1/s1. The fourth-order valence-corrected chi connectivity index (χ4v) is 12.9. The van der Waals surface area contributed by atoms with Crippen molar-refractivity contribution in [3.63, 3.8) is 0 Å². The summed E-state index contributed by atoms with van der Waals surface area (Å²) in [4.78, 5) is 111. The topological polar surface area (TPSA) is 313 Å². The highest BCUT2D eigenvalue weighted by Gasteiger charge is 2.61. The minimum atomic E-state index is -1.42. The van der Waals surface area contributed by atoms with Crippen LogP contribution in [-0.4, -0.2) is 159 Å². The second kappa shape index (κ2) is 19.2. The number of nitrogens with one attached hydrogen (secondary N) is 3. The van der Waals surface area contributed by atoms with E-state index in [0.717, 1.165) is 11.8 Å². The van der Waals surface area contributed by atoms with Crippen LogP contribution in [0.25, 0.3) is 0 Å². The number of amides is 4. The van der Waals surface area contributed by atoms with Gasteiger partial charge in [0.05, 0.1) is 58.5 Å². The maximum absolute atomic E-state index is 15.0. The van der Waals surface area contributed by atoms with Crippen LogP contribution >= 0.6 is 23.5 Å². The first-order valence-electron chi connectivity index (χ1n) is 21.3. The number of thioether (sulfide) groups is 2. The molecule has 3 fully saturated rings. The smallest absolute Gasteiger partial charge is 0.353 e. The Balaban J connectivity index is 1.12. The molecule has 2 aromatic rings. The Morgan fingerprint density at radius 3 is 1.97 bits per heavy atom. The molecule has 3 saturated heterocycles. The maximum Gasteiger partial charge on any atom is 0.353 e. The number of carbonyl (C=O) groups is 8. The number of hydrogen-bond acceptors (Lipinski definition) is 14. The fourth-order valence-electron chi connectivity index (χ4n) is 9.74. The van der Waals surface area contributed by atoms with Gasteiger partial charge in [-0.15, -0.1) is 23.5 Å². The molecule has 0 bridgehead atoms. The third kappa shape index (κ3) is 9.28. The van der Waals surface area contributed by atoms with E-state index >= 15 is 0 Å². The molecule has 5 heterocycles. The van der Waals surface area contributed by atoms with Gasteiger partial charge in [0.25, 0.3) is 0 Å². The first kappa shape index (κ1) is 48.1. The Morgan fingerprint density at radius 2 is 1.42 bits per heavy atom. The Hall–Kier alpha value is -5.81. The predicted octanol–water partition coefficient (Wildman–Crippen LogP) is 1.89. The van der Waals surface area contributed by atoms with Crippen molar-refractivity contribution in [2.45, 2.75) is 92.7 Å². The third-order valence-electron chi connectivity index (χ3n) is 12.9. The molecule has 5 aliphatic heterocycles. The van der Waals surface area contributed by atoms with E-state index in [1.54, 1.807) is 19.9 Å². The summed E-state index contributed by atoms with van der Waals surface area (Å²) in [6.45, 7) is 6.43. The van der Waals surface area contributed by atoms with Crippen molar-refractivity contribution in [3.8, 4) is 0 Å². The number of carboxylic acids is 4. The number of aliphatic hydroxyl groups is 2. The lowest BCUT2D eigenvalue weighted by Gasteiger charge is -2.46. The summed E-state index contributed by atoms with van der Waals surface area (Å²) in [6.07, 6.45) is -2.22. The zero-order valence-corrected chi connectivity index (χ0v) is 37.7. The Bertz CT molecular complexity index is 2430. The summed E-state index contributed by atoms with van der Waals surface area (Å²) in [5.41, 5.74) is -0.195. The minimum Gasteiger partial charge on any atom is -0.478 e. The number of aliphatic carboxylic acids is 2. The fraction of sp³-hybridized carbons (Fsp3) is 0.477. The van der Waals surface area contributed by atoms with Crippen molar-refractivity contribution in [1.29, 1.82) is 0 Å². The molecule has 352 valence electrons. The number of fused-ring (bicyclic) bond motifs is 1. The van der Waals surface area contributed by atoms with Gasteiger partial charge in [0.2, 0.25) is 23.6 Å². The van der Waals surface area contributed by atoms with Crippen molar-refractivity contribution in [3.05, 3.63) is 70.3 Å². The molecule has 7 rings (SSSR count). The lowest BCUT2D eigenvalue weighted by molar-refractivity contribution is -0.163. The molecule has 20 nitrogen and oxygen atoms in total. The van der Waals surface area contributed by atoms with Crippen LogP contribution in [0.5, 0.6) is 0 Å². The molecule has 0 saturated carbocycles.